The topological polar surface area (TPSA) is 65.3 Å². The number of amides is 1. The second-order valence-corrected chi connectivity index (χ2v) is 6.09. The van der Waals surface area contributed by atoms with Crippen LogP contribution in [-0.4, -0.2) is 21.9 Å². The molecule has 0 aliphatic rings. The summed E-state index contributed by atoms with van der Waals surface area (Å²) in [6.45, 7) is 3.60. The van der Waals surface area contributed by atoms with Crippen molar-refractivity contribution in [3.05, 3.63) is 76.2 Å². The van der Waals surface area contributed by atoms with E-state index in [0.29, 0.717) is 11.4 Å². The van der Waals surface area contributed by atoms with E-state index in [4.69, 9.17) is 4.74 Å². The number of para-hydroxylation sites is 1. The molecule has 0 bridgehead atoms. The summed E-state index contributed by atoms with van der Waals surface area (Å²) in [6, 6.07) is 16.7. The minimum atomic E-state index is -0.378. The van der Waals surface area contributed by atoms with Gasteiger partial charge in [-0.05, 0) is 38.1 Å². The number of ether oxygens (including phenoxy) is 1. The molecule has 0 fully saturated rings. The molecule has 26 heavy (non-hydrogen) atoms. The Morgan fingerprint density at radius 3 is 2.35 bits per heavy atom. The summed E-state index contributed by atoms with van der Waals surface area (Å²) in [5, 5.41) is 2.67. The molecule has 0 aliphatic heterocycles. The maximum Gasteiger partial charge on any atom is 0.295 e. The Kier molecular flexibility index (Phi) is 4.93. The number of aryl methyl sites for hydroxylation is 1. The first kappa shape index (κ1) is 17.5. The molecule has 6 nitrogen and oxygen atoms in total. The highest BCUT2D eigenvalue weighted by atomic mass is 16.5. The van der Waals surface area contributed by atoms with Gasteiger partial charge in [0.15, 0.2) is 6.61 Å². The number of aromatic nitrogens is 2. The Balaban J connectivity index is 1.76. The van der Waals surface area contributed by atoms with Crippen molar-refractivity contribution in [2.75, 3.05) is 11.9 Å². The zero-order chi connectivity index (χ0) is 18.7. The third-order valence-corrected chi connectivity index (χ3v) is 4.21. The number of rotatable bonds is 5. The number of nitrogens with one attached hydrogen (secondary N) is 1. The molecule has 0 aliphatic carbocycles. The molecule has 134 valence electrons. The molecule has 1 heterocycles. The third kappa shape index (κ3) is 3.54. The molecule has 0 unspecified atom stereocenters. The summed E-state index contributed by atoms with van der Waals surface area (Å²) in [7, 11) is 1.78. The number of hydrogen-bond acceptors (Lipinski definition) is 3. The summed E-state index contributed by atoms with van der Waals surface area (Å²) in [4.78, 5) is 25.0. The van der Waals surface area contributed by atoms with E-state index in [1.165, 1.54) is 4.68 Å². The van der Waals surface area contributed by atoms with Crippen molar-refractivity contribution in [3.8, 4) is 11.4 Å². The van der Waals surface area contributed by atoms with Gasteiger partial charge in [-0.2, -0.15) is 0 Å². The van der Waals surface area contributed by atoms with Crippen LogP contribution in [0.4, 0.5) is 5.69 Å². The second-order valence-electron chi connectivity index (χ2n) is 6.09. The standard InChI is InChI=1S/C20H21N3O3/c1-14-9-11-17(12-10-14)26-13-18(24)21-19-15(2)22(3)23(20(19)25)16-7-5-4-6-8-16/h4-12H,13H2,1-3H3,(H,21,24). The van der Waals surface area contributed by atoms with Crippen LogP contribution in [0.2, 0.25) is 0 Å². The minimum Gasteiger partial charge on any atom is -0.484 e. The number of nitrogens with zero attached hydrogens (tertiary/aromatic N) is 2. The van der Waals surface area contributed by atoms with E-state index in [2.05, 4.69) is 5.32 Å². The van der Waals surface area contributed by atoms with E-state index in [-0.39, 0.29) is 23.8 Å². The molecule has 0 spiro atoms. The Morgan fingerprint density at radius 2 is 1.69 bits per heavy atom. The molecule has 1 N–H and O–H groups in total. The Morgan fingerprint density at radius 1 is 1.04 bits per heavy atom. The monoisotopic (exact) mass is 351 g/mol. The third-order valence-electron chi connectivity index (χ3n) is 4.21. The van der Waals surface area contributed by atoms with Crippen molar-refractivity contribution in [2.24, 2.45) is 7.05 Å². The zero-order valence-electron chi connectivity index (χ0n) is 15.0. The van der Waals surface area contributed by atoms with Crippen molar-refractivity contribution < 1.29 is 9.53 Å². The molecule has 1 amide bonds. The number of benzene rings is 2. The van der Waals surface area contributed by atoms with Crippen molar-refractivity contribution >= 4 is 11.6 Å². The largest absolute Gasteiger partial charge is 0.484 e. The van der Waals surface area contributed by atoms with E-state index in [9.17, 15) is 9.59 Å². The van der Waals surface area contributed by atoms with Crippen molar-refractivity contribution in [1.82, 2.24) is 9.36 Å². The number of hydrogen-bond donors (Lipinski definition) is 1. The quantitative estimate of drug-likeness (QED) is 0.769. The highest BCUT2D eigenvalue weighted by Gasteiger charge is 2.18. The van der Waals surface area contributed by atoms with Crippen LogP contribution in [0, 0.1) is 13.8 Å². The van der Waals surface area contributed by atoms with Gasteiger partial charge in [0.25, 0.3) is 11.5 Å². The molecule has 3 rings (SSSR count). The van der Waals surface area contributed by atoms with Gasteiger partial charge in [-0.25, -0.2) is 4.68 Å². The second kappa shape index (κ2) is 7.31. The average Bonchev–Trinajstić information content (AvgIpc) is 2.85. The van der Waals surface area contributed by atoms with Gasteiger partial charge < -0.3 is 10.1 Å². The highest BCUT2D eigenvalue weighted by molar-refractivity contribution is 5.92. The lowest BCUT2D eigenvalue weighted by Crippen LogP contribution is -2.25. The van der Waals surface area contributed by atoms with E-state index in [1.54, 1.807) is 30.8 Å². The van der Waals surface area contributed by atoms with Gasteiger partial charge in [0.2, 0.25) is 0 Å². The molecular weight excluding hydrogens is 330 g/mol. The van der Waals surface area contributed by atoms with E-state index < -0.39 is 0 Å². The molecule has 0 atom stereocenters. The van der Waals surface area contributed by atoms with E-state index in [1.807, 2.05) is 49.4 Å². The summed E-state index contributed by atoms with van der Waals surface area (Å²) in [5.74, 6) is 0.230. The molecule has 0 saturated heterocycles. The van der Waals surface area contributed by atoms with Crippen LogP contribution in [0.5, 0.6) is 5.75 Å². The Labute approximate surface area is 151 Å². The average molecular weight is 351 g/mol. The zero-order valence-corrected chi connectivity index (χ0v) is 15.0. The SMILES string of the molecule is Cc1ccc(OCC(=O)Nc2c(C)n(C)n(-c3ccccc3)c2=O)cc1. The van der Waals surface area contributed by atoms with E-state index in [0.717, 1.165) is 11.3 Å². The Hall–Kier alpha value is -3.28. The molecule has 2 aromatic carbocycles. The minimum absolute atomic E-state index is 0.165. The van der Waals surface area contributed by atoms with Gasteiger partial charge in [-0.15, -0.1) is 0 Å². The first-order valence-corrected chi connectivity index (χ1v) is 8.30. The van der Waals surface area contributed by atoms with Crippen molar-refractivity contribution in [1.29, 1.82) is 0 Å². The summed E-state index contributed by atoms with van der Waals surface area (Å²) in [5.41, 5.74) is 2.50. The molecular formula is C20H21N3O3. The van der Waals surface area contributed by atoms with Crippen molar-refractivity contribution in [3.63, 3.8) is 0 Å². The molecule has 0 radical (unpaired) electrons. The smallest absolute Gasteiger partial charge is 0.295 e. The van der Waals surface area contributed by atoms with Crippen LogP contribution in [0.3, 0.4) is 0 Å². The summed E-state index contributed by atoms with van der Waals surface area (Å²) < 4.78 is 8.70. The van der Waals surface area contributed by atoms with E-state index >= 15 is 0 Å². The van der Waals surface area contributed by atoms with Gasteiger partial charge in [0.05, 0.1) is 11.4 Å². The van der Waals surface area contributed by atoms with Crippen LogP contribution < -0.4 is 15.6 Å². The van der Waals surface area contributed by atoms with Gasteiger partial charge >= 0.3 is 0 Å². The first-order chi connectivity index (χ1) is 12.5. The fraction of sp³-hybridized carbons (Fsp3) is 0.200. The van der Waals surface area contributed by atoms with Crippen LogP contribution >= 0.6 is 0 Å². The maximum atomic E-state index is 12.7. The van der Waals surface area contributed by atoms with Gasteiger partial charge in [-0.3, -0.25) is 14.3 Å². The lowest BCUT2D eigenvalue weighted by atomic mass is 10.2. The van der Waals surface area contributed by atoms with Gasteiger partial charge in [0.1, 0.15) is 11.4 Å². The molecule has 0 saturated carbocycles. The summed E-state index contributed by atoms with van der Waals surface area (Å²) >= 11 is 0. The van der Waals surface area contributed by atoms with Crippen LogP contribution in [-0.2, 0) is 11.8 Å². The fourth-order valence-corrected chi connectivity index (χ4v) is 2.67. The Bertz CT molecular complexity index is 970. The highest BCUT2D eigenvalue weighted by Crippen LogP contribution is 2.15. The lowest BCUT2D eigenvalue weighted by molar-refractivity contribution is -0.118. The predicted molar refractivity (Wildman–Crippen MR) is 101 cm³/mol. The normalized spacial score (nSPS) is 10.6. The maximum absolute atomic E-state index is 12.7. The van der Waals surface area contributed by atoms with Crippen molar-refractivity contribution in [2.45, 2.75) is 13.8 Å². The van der Waals surface area contributed by atoms with Crippen LogP contribution in [0.1, 0.15) is 11.3 Å². The molecule has 6 heteroatoms. The molecule has 3 aromatic rings. The fourth-order valence-electron chi connectivity index (χ4n) is 2.67. The first-order valence-electron chi connectivity index (χ1n) is 8.30. The lowest BCUT2D eigenvalue weighted by Gasteiger charge is -2.07. The van der Waals surface area contributed by atoms with Crippen LogP contribution in [0.25, 0.3) is 5.69 Å². The van der Waals surface area contributed by atoms with Gasteiger partial charge in [-0.1, -0.05) is 35.9 Å². The summed E-state index contributed by atoms with van der Waals surface area (Å²) in [6.07, 6.45) is 0. The van der Waals surface area contributed by atoms with Crippen LogP contribution in [0.15, 0.2) is 59.4 Å². The number of carbonyl (C=O) groups excluding carboxylic acids is 1. The van der Waals surface area contributed by atoms with Gasteiger partial charge in [0, 0.05) is 7.05 Å². The molecule has 1 aromatic heterocycles. The number of carbonyl (C=O) groups is 1. The number of anilines is 1. The predicted octanol–water partition coefficient (Wildman–Crippen LogP) is 2.81.